The number of fused-ring (bicyclic) bond motifs is 1. The van der Waals surface area contributed by atoms with Gasteiger partial charge in [-0.05, 0) is 57.7 Å². The summed E-state index contributed by atoms with van der Waals surface area (Å²) < 4.78 is 10.8. The lowest BCUT2D eigenvalue weighted by atomic mass is 10.0. The molecule has 11 nitrogen and oxygen atoms in total. The van der Waals surface area contributed by atoms with Crippen LogP contribution in [0.25, 0.3) is 10.9 Å². The summed E-state index contributed by atoms with van der Waals surface area (Å²) in [6.45, 7) is 9.44. The molecule has 11 heteroatoms. The lowest BCUT2D eigenvalue weighted by Crippen LogP contribution is -2.56. The molecule has 37 heavy (non-hydrogen) atoms. The molecule has 0 aliphatic carbocycles. The van der Waals surface area contributed by atoms with E-state index in [0.29, 0.717) is 25.1 Å². The molecule has 1 aromatic carbocycles. The topological polar surface area (TPSA) is 142 Å². The minimum absolute atomic E-state index is 0.0450. The normalized spacial score (nSPS) is 16.3. The number of rotatable bonds is 8. The number of carbonyl (C=O) groups is 4. The zero-order valence-electron chi connectivity index (χ0n) is 22.3. The number of methoxy groups -OCH3 is 1. The summed E-state index contributed by atoms with van der Waals surface area (Å²) in [5.74, 6) is -1.04. The number of carbonyl (C=O) groups excluding carboxylic acids is 4. The molecule has 202 valence electrons. The van der Waals surface area contributed by atoms with Crippen molar-refractivity contribution in [2.45, 2.75) is 59.1 Å². The van der Waals surface area contributed by atoms with Crippen LogP contribution in [0.5, 0.6) is 5.75 Å². The van der Waals surface area contributed by atoms with Crippen molar-refractivity contribution in [2.75, 3.05) is 20.2 Å². The van der Waals surface area contributed by atoms with Gasteiger partial charge in [0.15, 0.2) is 0 Å². The number of aromatic nitrogens is 1. The number of nitrogens with zero attached hydrogens (tertiary/aromatic N) is 1. The summed E-state index contributed by atoms with van der Waals surface area (Å²) in [5.41, 5.74) is 2.78. The molecule has 2 heterocycles. The van der Waals surface area contributed by atoms with E-state index in [1.807, 2.05) is 26.0 Å². The fourth-order valence-electron chi connectivity index (χ4n) is 4.10. The van der Waals surface area contributed by atoms with Crippen molar-refractivity contribution in [1.29, 1.82) is 0 Å². The van der Waals surface area contributed by atoms with Crippen LogP contribution < -0.4 is 20.8 Å². The molecule has 1 saturated heterocycles. The second kappa shape index (κ2) is 11.5. The van der Waals surface area contributed by atoms with Gasteiger partial charge in [-0.25, -0.2) is 9.80 Å². The monoisotopic (exact) mass is 515 g/mol. The summed E-state index contributed by atoms with van der Waals surface area (Å²) in [6.07, 6.45) is 0.0786. The van der Waals surface area contributed by atoms with Gasteiger partial charge in [-0.15, -0.1) is 0 Å². The van der Waals surface area contributed by atoms with Crippen LogP contribution >= 0.6 is 0 Å². The van der Waals surface area contributed by atoms with Crippen molar-refractivity contribution in [2.24, 2.45) is 11.8 Å². The van der Waals surface area contributed by atoms with Gasteiger partial charge >= 0.3 is 6.09 Å². The van der Waals surface area contributed by atoms with E-state index in [0.717, 1.165) is 15.9 Å². The number of hydrogen-bond acceptors (Lipinski definition) is 6. The van der Waals surface area contributed by atoms with Crippen LogP contribution in [-0.2, 0) is 14.3 Å². The summed E-state index contributed by atoms with van der Waals surface area (Å²) in [4.78, 5) is 54.5. The Bertz CT molecular complexity index is 1150. The average molecular weight is 516 g/mol. The average Bonchev–Trinajstić information content (AvgIpc) is 3.42. The predicted octanol–water partition coefficient (Wildman–Crippen LogP) is 2.73. The van der Waals surface area contributed by atoms with Crippen molar-refractivity contribution in [3.63, 3.8) is 0 Å². The Balaban J connectivity index is 1.79. The lowest BCUT2D eigenvalue weighted by molar-refractivity contribution is -0.130. The molecule has 1 aliphatic rings. The van der Waals surface area contributed by atoms with Crippen LogP contribution in [0.1, 0.15) is 57.9 Å². The van der Waals surface area contributed by atoms with Gasteiger partial charge in [0.05, 0.1) is 19.6 Å². The Kier molecular flexibility index (Phi) is 8.67. The SMILES string of the molecule is COc1cccc2[nH]c(C(=O)N[C@@H](CC(C)C)C(=O)NN(C[C@H]3CCNC3=O)C(=O)OC(C)(C)C)cc12. The second-order valence-electron chi connectivity index (χ2n) is 10.6. The smallest absolute Gasteiger partial charge is 0.429 e. The van der Waals surface area contributed by atoms with E-state index < -0.39 is 35.5 Å². The molecule has 1 aliphatic heterocycles. The molecule has 0 unspecified atom stereocenters. The number of aromatic amines is 1. The molecule has 0 bridgehead atoms. The van der Waals surface area contributed by atoms with Gasteiger partial charge in [-0.3, -0.25) is 19.8 Å². The quantitative estimate of drug-likeness (QED) is 0.398. The fourth-order valence-corrected chi connectivity index (χ4v) is 4.10. The van der Waals surface area contributed by atoms with E-state index in [1.54, 1.807) is 40.0 Å². The summed E-state index contributed by atoms with van der Waals surface area (Å²) in [7, 11) is 1.55. The summed E-state index contributed by atoms with van der Waals surface area (Å²) >= 11 is 0. The summed E-state index contributed by atoms with van der Waals surface area (Å²) in [6, 6.07) is 6.15. The van der Waals surface area contributed by atoms with Gasteiger partial charge < -0.3 is 25.1 Å². The molecule has 0 radical (unpaired) electrons. The van der Waals surface area contributed by atoms with Crippen LogP contribution in [0, 0.1) is 11.8 Å². The Labute approximate surface area is 216 Å². The number of hydrazine groups is 1. The van der Waals surface area contributed by atoms with Crippen LogP contribution in [0.3, 0.4) is 0 Å². The first kappa shape index (κ1) is 27.8. The molecule has 2 atom stereocenters. The highest BCUT2D eigenvalue weighted by molar-refractivity contribution is 6.01. The number of H-pyrrole nitrogens is 1. The first-order chi connectivity index (χ1) is 17.4. The number of ether oxygens (including phenoxy) is 2. The van der Waals surface area contributed by atoms with E-state index in [4.69, 9.17) is 9.47 Å². The third-order valence-electron chi connectivity index (χ3n) is 5.84. The highest BCUT2D eigenvalue weighted by Crippen LogP contribution is 2.26. The molecule has 4 N–H and O–H groups in total. The maximum atomic E-state index is 13.3. The molecule has 0 saturated carbocycles. The maximum Gasteiger partial charge on any atom is 0.429 e. The van der Waals surface area contributed by atoms with Crippen molar-refractivity contribution < 1.29 is 28.7 Å². The van der Waals surface area contributed by atoms with E-state index >= 15 is 0 Å². The van der Waals surface area contributed by atoms with Crippen molar-refractivity contribution in [1.82, 2.24) is 26.1 Å². The minimum atomic E-state index is -0.942. The van der Waals surface area contributed by atoms with Gasteiger partial charge in [0.2, 0.25) is 5.91 Å². The van der Waals surface area contributed by atoms with E-state index in [9.17, 15) is 19.2 Å². The van der Waals surface area contributed by atoms with Crippen molar-refractivity contribution in [3.8, 4) is 5.75 Å². The summed E-state index contributed by atoms with van der Waals surface area (Å²) in [5, 5.41) is 7.27. The molecule has 1 fully saturated rings. The molecular formula is C26H37N5O6. The standard InChI is InChI=1S/C26H37N5O6/c1-15(2)12-19(29-23(33)20-13-17-18(28-20)8-7-9-21(17)36-6)24(34)30-31(25(35)37-26(3,4)5)14-16-10-11-27-22(16)32/h7-9,13,15-16,19,28H,10-12,14H2,1-6H3,(H,27,32)(H,29,33)(H,30,34)/t16-,19+/m1/s1. The van der Waals surface area contributed by atoms with Crippen LogP contribution in [0.2, 0.25) is 0 Å². The molecule has 0 spiro atoms. The molecule has 4 amide bonds. The first-order valence-corrected chi connectivity index (χ1v) is 12.4. The van der Waals surface area contributed by atoms with Gasteiger partial charge in [0.1, 0.15) is 23.1 Å². The third-order valence-corrected chi connectivity index (χ3v) is 5.84. The van der Waals surface area contributed by atoms with Crippen molar-refractivity contribution >= 4 is 34.7 Å². The zero-order chi connectivity index (χ0) is 27.3. The van der Waals surface area contributed by atoms with E-state index in [-0.39, 0.29) is 24.1 Å². The molecule has 2 aromatic rings. The number of nitrogens with one attached hydrogen (secondary N) is 4. The lowest BCUT2D eigenvalue weighted by Gasteiger charge is -2.30. The zero-order valence-corrected chi connectivity index (χ0v) is 22.3. The molecular weight excluding hydrogens is 478 g/mol. The third kappa shape index (κ3) is 7.37. The number of hydrogen-bond donors (Lipinski definition) is 4. The maximum absolute atomic E-state index is 13.3. The Morgan fingerprint density at radius 1 is 1.22 bits per heavy atom. The van der Waals surface area contributed by atoms with Crippen molar-refractivity contribution in [3.05, 3.63) is 30.0 Å². The number of benzene rings is 1. The van der Waals surface area contributed by atoms with Gasteiger partial charge in [-0.1, -0.05) is 19.9 Å². The predicted molar refractivity (Wildman–Crippen MR) is 138 cm³/mol. The molecule has 3 rings (SSSR count). The fraction of sp³-hybridized carbons (Fsp3) is 0.538. The van der Waals surface area contributed by atoms with Crippen LogP contribution in [-0.4, -0.2) is 65.6 Å². The minimum Gasteiger partial charge on any atom is -0.496 e. The van der Waals surface area contributed by atoms with Crippen LogP contribution in [0.15, 0.2) is 24.3 Å². The highest BCUT2D eigenvalue weighted by atomic mass is 16.6. The highest BCUT2D eigenvalue weighted by Gasteiger charge is 2.33. The Morgan fingerprint density at radius 3 is 2.54 bits per heavy atom. The van der Waals surface area contributed by atoms with E-state index in [1.165, 1.54) is 0 Å². The number of amides is 4. The van der Waals surface area contributed by atoms with E-state index in [2.05, 4.69) is 21.0 Å². The second-order valence-corrected chi connectivity index (χ2v) is 10.6. The van der Waals surface area contributed by atoms with Gasteiger partial charge in [-0.2, -0.15) is 0 Å². The largest absolute Gasteiger partial charge is 0.496 e. The first-order valence-electron chi connectivity index (χ1n) is 12.4. The van der Waals surface area contributed by atoms with Crippen LogP contribution in [0.4, 0.5) is 4.79 Å². The Morgan fingerprint density at radius 2 is 1.95 bits per heavy atom. The van der Waals surface area contributed by atoms with Gasteiger partial charge in [0.25, 0.3) is 11.8 Å². The molecule has 1 aromatic heterocycles. The van der Waals surface area contributed by atoms with Gasteiger partial charge in [0, 0.05) is 17.4 Å². The Hall–Kier alpha value is -3.76.